The van der Waals surface area contributed by atoms with Crippen LogP contribution in [0.15, 0.2) is 70.3 Å². The lowest BCUT2D eigenvalue weighted by Gasteiger charge is -2.36. The predicted octanol–water partition coefficient (Wildman–Crippen LogP) is 3.42. The third kappa shape index (κ3) is 4.73. The molecule has 9 nitrogen and oxygen atoms in total. The smallest absolute Gasteiger partial charge is 0.271 e. The Labute approximate surface area is 189 Å². The molecule has 1 aliphatic rings. The summed E-state index contributed by atoms with van der Waals surface area (Å²) in [6, 6.07) is 15.9. The number of benzene rings is 2. The van der Waals surface area contributed by atoms with E-state index >= 15 is 0 Å². The second kappa shape index (κ2) is 8.97. The summed E-state index contributed by atoms with van der Waals surface area (Å²) in [5.74, 6) is -0.124. The third-order valence-corrected chi connectivity index (χ3v) is 7.92. The molecule has 1 fully saturated rings. The molecule has 32 heavy (non-hydrogen) atoms. The normalized spacial score (nSPS) is 14.2. The Kier molecular flexibility index (Phi) is 6.10. The lowest BCUT2D eigenvalue weighted by molar-refractivity contribution is -0.384. The zero-order valence-corrected chi connectivity index (χ0v) is 18.5. The molecule has 0 aliphatic carbocycles. The van der Waals surface area contributed by atoms with Gasteiger partial charge in [-0.25, -0.2) is 8.42 Å². The molecule has 1 aromatic heterocycles. The van der Waals surface area contributed by atoms with E-state index in [9.17, 15) is 23.3 Å². The van der Waals surface area contributed by atoms with Gasteiger partial charge in [0.05, 0.1) is 4.92 Å². The number of carbonyl (C=O) groups excluding carboxylic acids is 1. The van der Waals surface area contributed by atoms with Crippen LogP contribution in [0.3, 0.4) is 0 Å². The van der Waals surface area contributed by atoms with Crippen molar-refractivity contribution in [2.75, 3.05) is 35.8 Å². The first-order valence-corrected chi connectivity index (χ1v) is 12.1. The molecule has 0 bridgehead atoms. The number of anilines is 2. The van der Waals surface area contributed by atoms with Gasteiger partial charge < -0.3 is 9.80 Å². The van der Waals surface area contributed by atoms with Crippen molar-refractivity contribution in [3.8, 4) is 0 Å². The average molecular weight is 473 g/mol. The third-order valence-electron chi connectivity index (χ3n) is 5.14. The summed E-state index contributed by atoms with van der Waals surface area (Å²) in [5.41, 5.74) is 1.79. The van der Waals surface area contributed by atoms with Gasteiger partial charge in [0.15, 0.2) is 0 Å². The Morgan fingerprint density at radius 1 is 0.969 bits per heavy atom. The average Bonchev–Trinajstić information content (AvgIpc) is 3.35. The van der Waals surface area contributed by atoms with Crippen LogP contribution in [0, 0.1) is 10.1 Å². The number of nitro groups is 1. The molecule has 0 saturated carbocycles. The SMILES string of the molecule is O=C(c1ccc(NS(=O)(=O)c2cccs2)cc1)N1CCN(c2ccc([N+](=O)[O-])cc2)CC1. The van der Waals surface area contributed by atoms with E-state index in [1.165, 1.54) is 18.2 Å². The van der Waals surface area contributed by atoms with E-state index in [1.54, 1.807) is 52.7 Å². The molecular formula is C21H20N4O5S2. The minimum Gasteiger partial charge on any atom is -0.368 e. The van der Waals surface area contributed by atoms with Crippen molar-refractivity contribution in [1.82, 2.24) is 4.90 Å². The summed E-state index contributed by atoms with van der Waals surface area (Å²) in [6.45, 7) is 2.26. The van der Waals surface area contributed by atoms with Gasteiger partial charge in [0.1, 0.15) is 4.21 Å². The maximum Gasteiger partial charge on any atom is 0.271 e. The highest BCUT2D eigenvalue weighted by molar-refractivity contribution is 7.94. The molecule has 1 aliphatic heterocycles. The van der Waals surface area contributed by atoms with Gasteiger partial charge in [-0.1, -0.05) is 6.07 Å². The van der Waals surface area contributed by atoms with Gasteiger partial charge in [-0.05, 0) is 47.8 Å². The lowest BCUT2D eigenvalue weighted by Crippen LogP contribution is -2.48. The molecule has 0 spiro atoms. The zero-order chi connectivity index (χ0) is 22.7. The number of nitrogens with zero attached hydrogens (tertiary/aromatic N) is 3. The van der Waals surface area contributed by atoms with Crippen LogP contribution >= 0.6 is 11.3 Å². The van der Waals surface area contributed by atoms with Gasteiger partial charge in [-0.15, -0.1) is 11.3 Å². The number of thiophene rings is 1. The number of carbonyl (C=O) groups is 1. The maximum atomic E-state index is 12.8. The molecule has 0 atom stereocenters. The Hall–Kier alpha value is -3.44. The molecule has 2 aromatic carbocycles. The molecule has 11 heteroatoms. The fourth-order valence-electron chi connectivity index (χ4n) is 3.44. The fraction of sp³-hybridized carbons (Fsp3) is 0.190. The van der Waals surface area contributed by atoms with Crippen LogP contribution in [-0.2, 0) is 10.0 Å². The van der Waals surface area contributed by atoms with Crippen LogP contribution in [0.4, 0.5) is 17.1 Å². The van der Waals surface area contributed by atoms with Crippen LogP contribution in [0.1, 0.15) is 10.4 Å². The number of hydrogen-bond donors (Lipinski definition) is 1. The van der Waals surface area contributed by atoms with Crippen LogP contribution in [0.5, 0.6) is 0 Å². The molecule has 166 valence electrons. The Bertz CT molecular complexity index is 1200. The van der Waals surface area contributed by atoms with Gasteiger partial charge in [-0.3, -0.25) is 19.6 Å². The first-order chi connectivity index (χ1) is 15.3. The molecule has 0 unspecified atom stereocenters. The summed E-state index contributed by atoms with van der Waals surface area (Å²) in [7, 11) is -3.63. The largest absolute Gasteiger partial charge is 0.368 e. The quantitative estimate of drug-likeness (QED) is 0.434. The van der Waals surface area contributed by atoms with Crippen LogP contribution in [-0.4, -0.2) is 50.3 Å². The molecule has 1 N–H and O–H groups in total. The molecule has 2 heterocycles. The van der Waals surface area contributed by atoms with Crippen LogP contribution < -0.4 is 9.62 Å². The van der Waals surface area contributed by atoms with Gasteiger partial charge in [-0.2, -0.15) is 0 Å². The number of nitrogens with one attached hydrogen (secondary N) is 1. The lowest BCUT2D eigenvalue weighted by atomic mass is 10.1. The molecule has 1 saturated heterocycles. The number of piperazine rings is 1. The summed E-state index contributed by atoms with van der Waals surface area (Å²) in [6.07, 6.45) is 0. The van der Waals surface area contributed by atoms with E-state index in [-0.39, 0.29) is 15.8 Å². The van der Waals surface area contributed by atoms with Gasteiger partial charge >= 0.3 is 0 Å². The number of sulfonamides is 1. The number of hydrogen-bond acceptors (Lipinski definition) is 7. The number of amides is 1. The highest BCUT2D eigenvalue weighted by Crippen LogP contribution is 2.23. The summed E-state index contributed by atoms with van der Waals surface area (Å²) >= 11 is 1.13. The van der Waals surface area contributed by atoms with Crippen molar-refractivity contribution < 1.29 is 18.1 Å². The van der Waals surface area contributed by atoms with Gasteiger partial charge in [0, 0.05) is 55.2 Å². The summed E-state index contributed by atoms with van der Waals surface area (Å²) in [5, 5.41) is 12.5. The molecule has 1 amide bonds. The first-order valence-electron chi connectivity index (χ1n) is 9.78. The predicted molar refractivity (Wildman–Crippen MR) is 123 cm³/mol. The minimum atomic E-state index is -3.63. The number of non-ortho nitro benzene ring substituents is 1. The second-order valence-electron chi connectivity index (χ2n) is 7.17. The van der Waals surface area contributed by atoms with Crippen LogP contribution in [0.2, 0.25) is 0 Å². The molecular weight excluding hydrogens is 452 g/mol. The van der Waals surface area contributed by atoms with E-state index in [4.69, 9.17) is 0 Å². The monoisotopic (exact) mass is 472 g/mol. The van der Waals surface area contributed by atoms with Crippen LogP contribution in [0.25, 0.3) is 0 Å². The second-order valence-corrected chi connectivity index (χ2v) is 10.0. The molecule has 3 aromatic rings. The standard InChI is InChI=1S/C21H20N4O5S2/c26-21(16-3-5-17(6-4-16)22-32(29,30)20-2-1-15-31-20)24-13-11-23(12-14-24)18-7-9-19(10-8-18)25(27)28/h1-10,15,22H,11-14H2. The highest BCUT2D eigenvalue weighted by atomic mass is 32.2. The number of nitro benzene ring substituents is 1. The summed E-state index contributed by atoms with van der Waals surface area (Å²) in [4.78, 5) is 27.0. The van der Waals surface area contributed by atoms with E-state index < -0.39 is 14.9 Å². The fourth-order valence-corrected chi connectivity index (χ4v) is 5.49. The topological polar surface area (TPSA) is 113 Å². The van der Waals surface area contributed by atoms with Crippen molar-refractivity contribution in [2.45, 2.75) is 4.21 Å². The van der Waals surface area contributed by atoms with Gasteiger partial charge in [0.2, 0.25) is 0 Å². The van der Waals surface area contributed by atoms with E-state index in [2.05, 4.69) is 9.62 Å². The van der Waals surface area contributed by atoms with E-state index in [0.29, 0.717) is 37.4 Å². The molecule has 0 radical (unpaired) electrons. The highest BCUT2D eigenvalue weighted by Gasteiger charge is 2.23. The van der Waals surface area contributed by atoms with Crippen molar-refractivity contribution in [3.05, 3.63) is 81.7 Å². The summed E-state index contributed by atoms with van der Waals surface area (Å²) < 4.78 is 27.4. The zero-order valence-electron chi connectivity index (χ0n) is 16.9. The van der Waals surface area contributed by atoms with Crippen molar-refractivity contribution in [3.63, 3.8) is 0 Å². The first kappa shape index (κ1) is 21.8. The maximum absolute atomic E-state index is 12.8. The van der Waals surface area contributed by atoms with E-state index in [1.807, 2.05) is 0 Å². The Balaban J connectivity index is 1.35. The van der Waals surface area contributed by atoms with E-state index in [0.717, 1.165) is 17.0 Å². The number of rotatable bonds is 6. The Morgan fingerprint density at radius 2 is 1.62 bits per heavy atom. The van der Waals surface area contributed by atoms with Crippen molar-refractivity contribution >= 4 is 44.3 Å². The Morgan fingerprint density at radius 3 is 2.19 bits per heavy atom. The minimum absolute atomic E-state index is 0.0451. The van der Waals surface area contributed by atoms with Crippen molar-refractivity contribution in [1.29, 1.82) is 0 Å². The molecule has 4 rings (SSSR count). The van der Waals surface area contributed by atoms with Gasteiger partial charge in [0.25, 0.3) is 21.6 Å². The van der Waals surface area contributed by atoms with Crippen molar-refractivity contribution in [2.24, 2.45) is 0 Å².